The van der Waals surface area contributed by atoms with E-state index in [1.165, 1.54) is 0 Å². The number of rotatable bonds is 4. The van der Waals surface area contributed by atoms with E-state index in [4.69, 9.17) is 10.5 Å². The first-order valence-electron chi connectivity index (χ1n) is 6.37. The molecule has 2 heterocycles. The third kappa shape index (κ3) is 2.20. The predicted molar refractivity (Wildman–Crippen MR) is 68.3 cm³/mol. The number of carbonyl (C=O) groups excluding carboxylic acids is 1. The van der Waals surface area contributed by atoms with Gasteiger partial charge in [-0.2, -0.15) is 5.10 Å². The van der Waals surface area contributed by atoms with E-state index in [2.05, 4.69) is 5.10 Å². The van der Waals surface area contributed by atoms with Crippen LogP contribution in [-0.2, 0) is 22.5 Å². The fourth-order valence-corrected chi connectivity index (χ4v) is 2.36. The summed E-state index contributed by atoms with van der Waals surface area (Å²) in [6.45, 7) is 7.52. The molecule has 0 bridgehead atoms. The Morgan fingerprint density at radius 2 is 2.44 bits per heavy atom. The normalized spacial score (nSPS) is 27.7. The highest BCUT2D eigenvalue weighted by molar-refractivity contribution is 5.87. The summed E-state index contributed by atoms with van der Waals surface area (Å²) in [5, 5.41) is 4.35. The first-order chi connectivity index (χ1) is 8.47. The van der Waals surface area contributed by atoms with Crippen molar-refractivity contribution in [2.45, 2.75) is 39.8 Å². The Bertz CT molecular complexity index is 455. The second kappa shape index (κ2) is 4.82. The number of ether oxygens (including phenoxy) is 1. The third-order valence-corrected chi connectivity index (χ3v) is 3.78. The Morgan fingerprint density at radius 3 is 3.00 bits per heavy atom. The largest absolute Gasteiger partial charge is 0.379 e. The highest BCUT2D eigenvalue weighted by Crippen LogP contribution is 2.29. The number of aromatic nitrogens is 2. The maximum absolute atomic E-state index is 12.4. The number of aryl methyl sites for hydroxylation is 2. The molecule has 5 heteroatoms. The Balaban J connectivity index is 2.16. The fourth-order valence-electron chi connectivity index (χ4n) is 2.36. The lowest BCUT2D eigenvalue weighted by molar-refractivity contribution is -0.127. The van der Waals surface area contributed by atoms with E-state index in [-0.39, 0.29) is 11.8 Å². The molecule has 2 rings (SSSR count). The maximum atomic E-state index is 12.4. The molecule has 18 heavy (non-hydrogen) atoms. The molecule has 0 aromatic carbocycles. The molecule has 1 aromatic rings. The lowest BCUT2D eigenvalue weighted by atomic mass is 9.79. The summed E-state index contributed by atoms with van der Waals surface area (Å²) in [6.07, 6.45) is 0.377. The van der Waals surface area contributed by atoms with Gasteiger partial charge in [0.15, 0.2) is 0 Å². The zero-order valence-corrected chi connectivity index (χ0v) is 11.3. The van der Waals surface area contributed by atoms with Gasteiger partial charge >= 0.3 is 0 Å². The van der Waals surface area contributed by atoms with Crippen LogP contribution in [-0.4, -0.2) is 34.8 Å². The Labute approximate surface area is 107 Å². The molecule has 0 saturated carbocycles. The van der Waals surface area contributed by atoms with E-state index in [0.29, 0.717) is 19.6 Å². The minimum atomic E-state index is -0.559. The first-order valence-corrected chi connectivity index (χ1v) is 6.37. The van der Waals surface area contributed by atoms with Crippen LogP contribution in [0.15, 0.2) is 6.07 Å². The van der Waals surface area contributed by atoms with Crippen LogP contribution in [0.1, 0.15) is 25.2 Å². The molecule has 0 radical (unpaired) electrons. The first kappa shape index (κ1) is 13.2. The predicted octanol–water partition coefficient (Wildman–Crippen LogP) is 0.687. The lowest BCUT2D eigenvalue weighted by Crippen LogP contribution is -2.45. The van der Waals surface area contributed by atoms with Crippen molar-refractivity contribution in [3.63, 3.8) is 0 Å². The van der Waals surface area contributed by atoms with Crippen LogP contribution >= 0.6 is 0 Å². The second-order valence-electron chi connectivity index (χ2n) is 5.23. The van der Waals surface area contributed by atoms with Crippen molar-refractivity contribution in [2.75, 3.05) is 13.2 Å². The van der Waals surface area contributed by atoms with Crippen molar-refractivity contribution in [1.29, 1.82) is 0 Å². The quantitative estimate of drug-likeness (QED) is 0.854. The smallest absolute Gasteiger partial charge is 0.148 e. The highest BCUT2D eigenvalue weighted by Gasteiger charge is 2.43. The molecular weight excluding hydrogens is 230 g/mol. The van der Waals surface area contributed by atoms with Gasteiger partial charge < -0.3 is 10.5 Å². The molecule has 1 aliphatic heterocycles. The van der Waals surface area contributed by atoms with Crippen molar-refractivity contribution in [2.24, 2.45) is 11.1 Å². The molecular formula is C13H21N3O2. The van der Waals surface area contributed by atoms with Gasteiger partial charge in [0.1, 0.15) is 5.78 Å². The average molecular weight is 251 g/mol. The van der Waals surface area contributed by atoms with Crippen molar-refractivity contribution >= 4 is 5.78 Å². The number of Topliss-reactive ketones (excluding diaryl/α,β-unsaturated/α-hetero) is 1. The van der Waals surface area contributed by atoms with Crippen LogP contribution < -0.4 is 5.73 Å². The number of hydrogen-bond donors (Lipinski definition) is 1. The van der Waals surface area contributed by atoms with Crippen LogP contribution in [0.2, 0.25) is 0 Å². The summed E-state index contributed by atoms with van der Waals surface area (Å²) in [7, 11) is 0. The van der Waals surface area contributed by atoms with Gasteiger partial charge in [-0.3, -0.25) is 9.48 Å². The van der Waals surface area contributed by atoms with Gasteiger partial charge in [-0.05, 0) is 26.8 Å². The molecule has 0 amide bonds. The zero-order valence-electron chi connectivity index (χ0n) is 11.3. The summed E-state index contributed by atoms with van der Waals surface area (Å²) >= 11 is 0. The van der Waals surface area contributed by atoms with Crippen molar-refractivity contribution in [3.05, 3.63) is 17.5 Å². The van der Waals surface area contributed by atoms with Gasteiger partial charge in [0.05, 0.1) is 24.3 Å². The van der Waals surface area contributed by atoms with Gasteiger partial charge in [0.2, 0.25) is 0 Å². The Kier molecular flexibility index (Phi) is 3.54. The van der Waals surface area contributed by atoms with Gasteiger partial charge in [-0.1, -0.05) is 0 Å². The molecule has 1 aromatic heterocycles. The van der Waals surface area contributed by atoms with E-state index in [1.807, 2.05) is 31.5 Å². The molecule has 1 fully saturated rings. The van der Waals surface area contributed by atoms with Crippen molar-refractivity contribution in [1.82, 2.24) is 9.78 Å². The van der Waals surface area contributed by atoms with E-state index in [9.17, 15) is 4.79 Å². The van der Waals surface area contributed by atoms with Gasteiger partial charge in [0, 0.05) is 24.7 Å². The Hall–Kier alpha value is -1.20. The minimum Gasteiger partial charge on any atom is -0.379 e. The molecule has 100 valence electrons. The number of ketones is 1. The SMILES string of the molecule is CCn1nc(C)cc1CC(=O)C1(C)COCC1N. The number of nitrogens with two attached hydrogens (primary N) is 1. The summed E-state index contributed by atoms with van der Waals surface area (Å²) in [4.78, 5) is 12.4. The van der Waals surface area contributed by atoms with E-state index < -0.39 is 5.41 Å². The van der Waals surface area contributed by atoms with E-state index >= 15 is 0 Å². The highest BCUT2D eigenvalue weighted by atomic mass is 16.5. The van der Waals surface area contributed by atoms with Crippen molar-refractivity contribution < 1.29 is 9.53 Å². The molecule has 2 atom stereocenters. The fraction of sp³-hybridized carbons (Fsp3) is 0.692. The van der Waals surface area contributed by atoms with Crippen molar-refractivity contribution in [3.8, 4) is 0 Å². The molecule has 5 nitrogen and oxygen atoms in total. The summed E-state index contributed by atoms with van der Waals surface area (Å²) < 4.78 is 7.20. The van der Waals surface area contributed by atoms with Crippen LogP contribution in [0.3, 0.4) is 0 Å². The number of carbonyl (C=O) groups is 1. The lowest BCUT2D eigenvalue weighted by Gasteiger charge is -2.25. The van der Waals surface area contributed by atoms with Crippen LogP contribution in [0, 0.1) is 12.3 Å². The van der Waals surface area contributed by atoms with Gasteiger partial charge in [0.25, 0.3) is 0 Å². The molecule has 0 aliphatic carbocycles. The third-order valence-electron chi connectivity index (χ3n) is 3.78. The molecule has 1 aliphatic rings. The maximum Gasteiger partial charge on any atom is 0.148 e. The summed E-state index contributed by atoms with van der Waals surface area (Å²) in [6, 6.07) is 1.76. The molecule has 1 saturated heterocycles. The average Bonchev–Trinajstić information content (AvgIpc) is 2.84. The molecule has 0 spiro atoms. The monoisotopic (exact) mass is 251 g/mol. The van der Waals surface area contributed by atoms with E-state index in [0.717, 1.165) is 17.9 Å². The van der Waals surface area contributed by atoms with Gasteiger partial charge in [-0.25, -0.2) is 0 Å². The van der Waals surface area contributed by atoms with Crippen LogP contribution in [0.5, 0.6) is 0 Å². The summed E-state index contributed by atoms with van der Waals surface area (Å²) in [5.74, 6) is 0.141. The second-order valence-corrected chi connectivity index (χ2v) is 5.23. The zero-order chi connectivity index (χ0) is 13.3. The molecule has 2 N–H and O–H groups in total. The topological polar surface area (TPSA) is 70.1 Å². The van der Waals surface area contributed by atoms with Gasteiger partial charge in [-0.15, -0.1) is 0 Å². The number of hydrogen-bond acceptors (Lipinski definition) is 4. The van der Waals surface area contributed by atoms with Crippen LogP contribution in [0.4, 0.5) is 0 Å². The number of nitrogens with zero attached hydrogens (tertiary/aromatic N) is 2. The van der Waals surface area contributed by atoms with Crippen LogP contribution in [0.25, 0.3) is 0 Å². The molecule has 2 unspecified atom stereocenters. The summed E-state index contributed by atoms with van der Waals surface area (Å²) in [5.41, 5.74) is 7.32. The minimum absolute atomic E-state index is 0.141. The standard InChI is InChI=1S/C13H21N3O2/c1-4-16-10(5-9(2)15-16)6-12(17)13(3)8-18-7-11(13)14/h5,11H,4,6-8,14H2,1-3H3. The van der Waals surface area contributed by atoms with E-state index in [1.54, 1.807) is 0 Å². The Morgan fingerprint density at radius 1 is 1.72 bits per heavy atom.